The summed E-state index contributed by atoms with van der Waals surface area (Å²) in [7, 11) is 4.85. The van der Waals surface area contributed by atoms with Gasteiger partial charge in [0.15, 0.2) is 11.5 Å². The zero-order valence-electron chi connectivity index (χ0n) is 13.2. The molecule has 4 heteroatoms. The van der Waals surface area contributed by atoms with Gasteiger partial charge >= 0.3 is 0 Å². The van der Waals surface area contributed by atoms with Crippen molar-refractivity contribution >= 4 is 0 Å². The Morgan fingerprint density at radius 3 is 2.10 bits per heavy atom. The fraction of sp³-hybridized carbons (Fsp3) is 0.353. The quantitative estimate of drug-likeness (QED) is 0.846. The Kier molecular flexibility index (Phi) is 4.68. The zero-order valence-corrected chi connectivity index (χ0v) is 13.2. The van der Waals surface area contributed by atoms with Crippen LogP contribution >= 0.6 is 0 Å². The highest BCUT2D eigenvalue weighted by Crippen LogP contribution is 2.38. The Morgan fingerprint density at radius 1 is 0.952 bits per heavy atom. The van der Waals surface area contributed by atoms with Crippen molar-refractivity contribution in [2.45, 2.75) is 20.3 Å². The summed E-state index contributed by atoms with van der Waals surface area (Å²) < 4.78 is 16.1. The van der Waals surface area contributed by atoms with E-state index < -0.39 is 0 Å². The van der Waals surface area contributed by atoms with E-state index in [1.54, 1.807) is 21.3 Å². The van der Waals surface area contributed by atoms with Crippen molar-refractivity contribution in [1.29, 1.82) is 0 Å². The van der Waals surface area contributed by atoms with Gasteiger partial charge in [0.1, 0.15) is 0 Å². The predicted octanol–water partition coefficient (Wildman–Crippen LogP) is 3.32. The van der Waals surface area contributed by atoms with E-state index in [1.807, 2.05) is 24.4 Å². The Morgan fingerprint density at radius 2 is 1.57 bits per heavy atom. The van der Waals surface area contributed by atoms with Gasteiger partial charge in [0.25, 0.3) is 0 Å². The van der Waals surface area contributed by atoms with Gasteiger partial charge in [-0.2, -0.15) is 0 Å². The van der Waals surface area contributed by atoms with Crippen LogP contribution in [0.5, 0.6) is 17.2 Å². The lowest BCUT2D eigenvalue weighted by molar-refractivity contribution is 0.324. The molecule has 2 rings (SSSR count). The molecular weight excluding hydrogens is 266 g/mol. The largest absolute Gasteiger partial charge is 0.493 e. The van der Waals surface area contributed by atoms with Crippen molar-refractivity contribution in [3.8, 4) is 17.2 Å². The summed E-state index contributed by atoms with van der Waals surface area (Å²) in [5.74, 6) is 1.94. The van der Waals surface area contributed by atoms with Crippen LogP contribution in [-0.4, -0.2) is 26.3 Å². The van der Waals surface area contributed by atoms with Crippen molar-refractivity contribution in [1.82, 2.24) is 4.98 Å². The molecule has 4 nitrogen and oxygen atoms in total. The lowest BCUT2D eigenvalue weighted by Crippen LogP contribution is -2.00. The monoisotopic (exact) mass is 287 g/mol. The molecule has 0 saturated carbocycles. The minimum absolute atomic E-state index is 0.609. The summed E-state index contributed by atoms with van der Waals surface area (Å²) >= 11 is 0. The first-order chi connectivity index (χ1) is 10.1. The van der Waals surface area contributed by atoms with Crippen LogP contribution in [0.2, 0.25) is 0 Å². The van der Waals surface area contributed by atoms with E-state index in [2.05, 4.69) is 18.8 Å². The summed E-state index contributed by atoms with van der Waals surface area (Å²) in [6.07, 6.45) is 2.57. The van der Waals surface area contributed by atoms with Crippen molar-refractivity contribution in [2.24, 2.45) is 0 Å². The third-order valence-corrected chi connectivity index (χ3v) is 3.68. The first-order valence-electron chi connectivity index (χ1n) is 6.80. The lowest BCUT2D eigenvalue weighted by atomic mass is 10.0. The molecule has 0 aliphatic heterocycles. The summed E-state index contributed by atoms with van der Waals surface area (Å²) in [4.78, 5) is 4.48. The fourth-order valence-electron chi connectivity index (χ4n) is 2.30. The third-order valence-electron chi connectivity index (χ3n) is 3.68. The molecule has 0 fully saturated rings. The normalized spacial score (nSPS) is 10.3. The number of aromatic nitrogens is 1. The highest BCUT2D eigenvalue weighted by atomic mass is 16.5. The molecule has 1 aromatic heterocycles. The van der Waals surface area contributed by atoms with Gasteiger partial charge < -0.3 is 14.2 Å². The number of aryl methyl sites for hydroxylation is 1. The molecule has 0 spiro atoms. The molecule has 0 radical (unpaired) electrons. The van der Waals surface area contributed by atoms with Crippen molar-refractivity contribution in [3.05, 3.63) is 46.8 Å². The third kappa shape index (κ3) is 3.10. The minimum Gasteiger partial charge on any atom is -0.493 e. The van der Waals surface area contributed by atoms with Gasteiger partial charge in [-0.05, 0) is 48.7 Å². The Bertz CT molecular complexity index is 613. The number of methoxy groups -OCH3 is 3. The molecule has 2 aromatic rings. The molecule has 0 atom stereocenters. The van der Waals surface area contributed by atoms with Gasteiger partial charge in [-0.1, -0.05) is 0 Å². The highest BCUT2D eigenvalue weighted by Gasteiger charge is 2.14. The molecule has 1 aromatic carbocycles. The molecule has 1 heterocycles. The molecular formula is C17H21NO3. The van der Waals surface area contributed by atoms with Gasteiger partial charge in [-0.15, -0.1) is 0 Å². The van der Waals surface area contributed by atoms with E-state index in [1.165, 1.54) is 11.1 Å². The van der Waals surface area contributed by atoms with E-state index in [0.29, 0.717) is 17.2 Å². The van der Waals surface area contributed by atoms with E-state index in [0.717, 1.165) is 17.7 Å². The van der Waals surface area contributed by atoms with E-state index in [4.69, 9.17) is 14.2 Å². The SMILES string of the molecule is COc1cc(Cc2nccc(C)c2C)cc(OC)c1OC. The topological polar surface area (TPSA) is 40.6 Å². The molecule has 0 aliphatic carbocycles. The number of nitrogens with zero attached hydrogens (tertiary/aromatic N) is 1. The average molecular weight is 287 g/mol. The smallest absolute Gasteiger partial charge is 0.203 e. The summed E-state index contributed by atoms with van der Waals surface area (Å²) in [6.45, 7) is 4.19. The van der Waals surface area contributed by atoms with Gasteiger partial charge in [-0.25, -0.2) is 0 Å². The van der Waals surface area contributed by atoms with Crippen LogP contribution in [0.1, 0.15) is 22.4 Å². The number of ether oxygens (including phenoxy) is 3. The second-order valence-electron chi connectivity index (χ2n) is 4.91. The predicted molar refractivity (Wildman–Crippen MR) is 82.6 cm³/mol. The van der Waals surface area contributed by atoms with Crippen molar-refractivity contribution in [3.63, 3.8) is 0 Å². The maximum absolute atomic E-state index is 5.39. The Labute approximate surface area is 125 Å². The number of hydrogen-bond acceptors (Lipinski definition) is 4. The summed E-state index contributed by atoms with van der Waals surface area (Å²) in [5, 5.41) is 0. The number of rotatable bonds is 5. The van der Waals surface area contributed by atoms with Crippen LogP contribution < -0.4 is 14.2 Å². The van der Waals surface area contributed by atoms with E-state index >= 15 is 0 Å². The maximum atomic E-state index is 5.39. The molecule has 0 bridgehead atoms. The van der Waals surface area contributed by atoms with Crippen LogP contribution in [-0.2, 0) is 6.42 Å². The van der Waals surface area contributed by atoms with Crippen LogP contribution in [0.3, 0.4) is 0 Å². The molecule has 0 amide bonds. The average Bonchev–Trinajstić information content (AvgIpc) is 2.50. The Balaban J connectivity index is 2.43. The molecule has 0 unspecified atom stereocenters. The molecule has 112 valence electrons. The maximum Gasteiger partial charge on any atom is 0.203 e. The van der Waals surface area contributed by atoms with Crippen LogP contribution in [0.15, 0.2) is 24.4 Å². The number of benzene rings is 1. The molecule has 0 saturated heterocycles. The van der Waals surface area contributed by atoms with Crippen molar-refractivity contribution < 1.29 is 14.2 Å². The van der Waals surface area contributed by atoms with Gasteiger partial charge in [-0.3, -0.25) is 4.98 Å². The Hall–Kier alpha value is -2.23. The van der Waals surface area contributed by atoms with Gasteiger partial charge in [0.2, 0.25) is 5.75 Å². The van der Waals surface area contributed by atoms with Crippen LogP contribution in [0, 0.1) is 13.8 Å². The molecule has 0 aliphatic rings. The van der Waals surface area contributed by atoms with E-state index in [-0.39, 0.29) is 0 Å². The van der Waals surface area contributed by atoms with Crippen molar-refractivity contribution in [2.75, 3.05) is 21.3 Å². The summed E-state index contributed by atoms with van der Waals surface area (Å²) in [5.41, 5.74) is 4.59. The second kappa shape index (κ2) is 6.48. The van der Waals surface area contributed by atoms with Crippen LogP contribution in [0.25, 0.3) is 0 Å². The van der Waals surface area contributed by atoms with Gasteiger partial charge in [0, 0.05) is 18.3 Å². The standard InChI is InChI=1S/C17H21NO3/c1-11-6-7-18-14(12(11)2)8-13-9-15(19-3)17(21-5)16(10-13)20-4/h6-7,9-10H,8H2,1-5H3. The zero-order chi connectivity index (χ0) is 15.4. The fourth-order valence-corrected chi connectivity index (χ4v) is 2.30. The van der Waals surface area contributed by atoms with E-state index in [9.17, 15) is 0 Å². The van der Waals surface area contributed by atoms with Gasteiger partial charge in [0.05, 0.1) is 21.3 Å². The summed E-state index contributed by atoms with van der Waals surface area (Å²) in [6, 6.07) is 5.95. The lowest BCUT2D eigenvalue weighted by Gasteiger charge is -2.14. The number of hydrogen-bond donors (Lipinski definition) is 0. The number of pyridine rings is 1. The molecule has 0 N–H and O–H groups in total. The second-order valence-corrected chi connectivity index (χ2v) is 4.91. The first kappa shape index (κ1) is 15.2. The highest BCUT2D eigenvalue weighted by molar-refractivity contribution is 5.54. The molecule has 21 heavy (non-hydrogen) atoms. The first-order valence-corrected chi connectivity index (χ1v) is 6.80. The minimum atomic E-state index is 0.609. The van der Waals surface area contributed by atoms with Crippen LogP contribution in [0.4, 0.5) is 0 Å².